The van der Waals surface area contributed by atoms with Crippen LogP contribution in [0.3, 0.4) is 0 Å². The molecular formula is C24H28N4O3S2. The summed E-state index contributed by atoms with van der Waals surface area (Å²) in [7, 11) is -3.30. The van der Waals surface area contributed by atoms with Crippen LogP contribution in [0.25, 0.3) is 10.6 Å². The molecule has 0 bridgehead atoms. The third-order valence-electron chi connectivity index (χ3n) is 5.79. The Morgan fingerprint density at radius 3 is 2.79 bits per heavy atom. The Labute approximate surface area is 199 Å². The summed E-state index contributed by atoms with van der Waals surface area (Å²) in [6.45, 7) is 5.05. The van der Waals surface area contributed by atoms with Gasteiger partial charge in [-0.05, 0) is 36.5 Å². The van der Waals surface area contributed by atoms with Gasteiger partial charge in [-0.2, -0.15) is 0 Å². The zero-order valence-corrected chi connectivity index (χ0v) is 20.5. The van der Waals surface area contributed by atoms with E-state index in [1.807, 2.05) is 60.7 Å². The van der Waals surface area contributed by atoms with E-state index in [1.165, 1.54) is 0 Å². The molecule has 1 amide bonds. The molecule has 1 aliphatic rings. The van der Waals surface area contributed by atoms with Crippen LogP contribution in [0.1, 0.15) is 41.4 Å². The van der Waals surface area contributed by atoms with Gasteiger partial charge in [-0.1, -0.05) is 37.3 Å². The number of benzene rings is 1. The number of rotatable bonds is 8. The van der Waals surface area contributed by atoms with Crippen molar-refractivity contribution in [3.63, 3.8) is 0 Å². The average molecular weight is 485 g/mol. The Morgan fingerprint density at radius 1 is 1.24 bits per heavy atom. The number of fused-ring (bicyclic) bond motifs is 1. The number of hydrogen-bond donors (Lipinski definition) is 1. The molecule has 0 unspecified atom stereocenters. The van der Waals surface area contributed by atoms with Gasteiger partial charge < -0.3 is 4.90 Å². The molecular weight excluding hydrogens is 456 g/mol. The fourth-order valence-corrected chi connectivity index (χ4v) is 5.93. The Morgan fingerprint density at radius 2 is 2.03 bits per heavy atom. The highest BCUT2D eigenvalue weighted by Gasteiger charge is 2.25. The number of pyridine rings is 1. The molecule has 2 aromatic heterocycles. The smallest absolute Gasteiger partial charge is 0.228 e. The van der Waals surface area contributed by atoms with E-state index >= 15 is 0 Å². The van der Waals surface area contributed by atoms with Crippen molar-refractivity contribution < 1.29 is 13.2 Å². The lowest BCUT2D eigenvalue weighted by atomic mass is 9.95. The number of sulfonamides is 1. The monoisotopic (exact) mass is 484 g/mol. The van der Waals surface area contributed by atoms with Gasteiger partial charge in [0, 0.05) is 42.5 Å². The number of aromatic nitrogens is 2. The number of nitrogens with one attached hydrogen (secondary N) is 1. The maximum atomic E-state index is 13.0. The maximum Gasteiger partial charge on any atom is 0.228 e. The molecule has 0 atom stereocenters. The molecule has 33 heavy (non-hydrogen) atoms. The first kappa shape index (κ1) is 23.5. The van der Waals surface area contributed by atoms with E-state index < -0.39 is 10.0 Å². The van der Waals surface area contributed by atoms with Crippen LogP contribution in [0.4, 0.5) is 0 Å². The highest BCUT2D eigenvalue weighted by atomic mass is 32.2. The van der Waals surface area contributed by atoms with Gasteiger partial charge in [-0.3, -0.25) is 9.78 Å². The van der Waals surface area contributed by atoms with Crippen molar-refractivity contribution in [1.82, 2.24) is 19.6 Å². The predicted molar refractivity (Wildman–Crippen MR) is 130 cm³/mol. The Hall–Kier alpha value is -2.62. The topological polar surface area (TPSA) is 92.3 Å². The van der Waals surface area contributed by atoms with E-state index in [-0.39, 0.29) is 24.6 Å². The lowest BCUT2D eigenvalue weighted by molar-refractivity contribution is -0.131. The summed E-state index contributed by atoms with van der Waals surface area (Å²) in [6.07, 6.45) is 3.33. The lowest BCUT2D eigenvalue weighted by Gasteiger charge is -2.30. The molecule has 3 aromatic rings. The lowest BCUT2D eigenvalue weighted by Crippen LogP contribution is -2.38. The van der Waals surface area contributed by atoms with Gasteiger partial charge in [0.2, 0.25) is 15.9 Å². The SMILES string of the molecule is CCCS(=O)(=O)NCc1c(C)ncc2c1CCN(C(=O)Cc1csc(-c3ccccc3)n1)C2. The van der Waals surface area contributed by atoms with Crippen LogP contribution in [0, 0.1) is 6.92 Å². The number of amides is 1. The fraction of sp³-hybridized carbons (Fsp3) is 0.375. The highest BCUT2D eigenvalue weighted by molar-refractivity contribution is 7.89. The third-order valence-corrected chi connectivity index (χ3v) is 8.26. The summed E-state index contributed by atoms with van der Waals surface area (Å²) in [5, 5.41) is 2.86. The molecule has 3 heterocycles. The van der Waals surface area contributed by atoms with Crippen molar-refractivity contribution in [3.8, 4) is 10.6 Å². The largest absolute Gasteiger partial charge is 0.338 e. The molecule has 7 nitrogen and oxygen atoms in total. The molecule has 0 spiro atoms. The molecule has 0 saturated carbocycles. The van der Waals surface area contributed by atoms with Crippen LogP contribution in [0.5, 0.6) is 0 Å². The number of aryl methyl sites for hydroxylation is 1. The van der Waals surface area contributed by atoms with Crippen molar-refractivity contribution in [2.24, 2.45) is 0 Å². The zero-order chi connectivity index (χ0) is 23.4. The number of carbonyl (C=O) groups is 1. The van der Waals surface area contributed by atoms with Crippen molar-refractivity contribution in [2.75, 3.05) is 12.3 Å². The first-order chi connectivity index (χ1) is 15.9. The van der Waals surface area contributed by atoms with Gasteiger partial charge >= 0.3 is 0 Å². The van der Waals surface area contributed by atoms with E-state index in [0.29, 0.717) is 25.9 Å². The summed E-state index contributed by atoms with van der Waals surface area (Å²) in [5.41, 5.74) is 5.66. The minimum atomic E-state index is -3.30. The highest BCUT2D eigenvalue weighted by Crippen LogP contribution is 2.26. The van der Waals surface area contributed by atoms with Crippen LogP contribution in [-0.4, -0.2) is 41.5 Å². The molecule has 0 fully saturated rings. The number of carbonyl (C=O) groups excluding carboxylic acids is 1. The van der Waals surface area contributed by atoms with Gasteiger partial charge in [-0.25, -0.2) is 18.1 Å². The van der Waals surface area contributed by atoms with Crippen LogP contribution in [0.15, 0.2) is 41.9 Å². The molecule has 1 aliphatic heterocycles. The quantitative estimate of drug-likeness (QED) is 0.529. The maximum absolute atomic E-state index is 13.0. The predicted octanol–water partition coefficient (Wildman–Crippen LogP) is 3.47. The summed E-state index contributed by atoms with van der Waals surface area (Å²) in [6, 6.07) is 9.95. The van der Waals surface area contributed by atoms with Crippen molar-refractivity contribution in [1.29, 1.82) is 0 Å². The molecule has 4 rings (SSSR count). The fourth-order valence-electron chi connectivity index (χ4n) is 4.06. The van der Waals surface area contributed by atoms with Crippen LogP contribution in [-0.2, 0) is 40.7 Å². The van der Waals surface area contributed by atoms with Gasteiger partial charge in [0.25, 0.3) is 0 Å². The van der Waals surface area contributed by atoms with Gasteiger partial charge in [-0.15, -0.1) is 11.3 Å². The van der Waals surface area contributed by atoms with E-state index in [4.69, 9.17) is 0 Å². The van der Waals surface area contributed by atoms with E-state index in [0.717, 1.165) is 38.6 Å². The molecule has 9 heteroatoms. The van der Waals surface area contributed by atoms with Crippen molar-refractivity contribution in [2.45, 2.75) is 46.2 Å². The van der Waals surface area contributed by atoms with E-state index in [1.54, 1.807) is 11.3 Å². The summed E-state index contributed by atoms with van der Waals surface area (Å²) >= 11 is 1.55. The van der Waals surface area contributed by atoms with Crippen LogP contribution >= 0.6 is 11.3 Å². The van der Waals surface area contributed by atoms with Crippen molar-refractivity contribution >= 4 is 27.3 Å². The third kappa shape index (κ3) is 5.66. The second-order valence-electron chi connectivity index (χ2n) is 8.22. The van der Waals surface area contributed by atoms with E-state index in [9.17, 15) is 13.2 Å². The van der Waals surface area contributed by atoms with Crippen molar-refractivity contribution in [3.05, 3.63) is 70.0 Å². The minimum absolute atomic E-state index is 0.0383. The average Bonchev–Trinajstić information content (AvgIpc) is 3.27. The number of thiazole rings is 1. The summed E-state index contributed by atoms with van der Waals surface area (Å²) in [5.74, 6) is 0.149. The van der Waals surface area contributed by atoms with Gasteiger partial charge in [0.05, 0.1) is 17.9 Å². The standard InChI is InChI=1S/C24H28N4O3S2/c1-3-11-33(30,31)26-14-22-17(2)25-13-19-15-28(10-9-21(19)22)23(29)12-20-16-32-24(27-20)18-7-5-4-6-8-18/h4-8,13,16,26H,3,9-12,14-15H2,1-2H3. The molecule has 1 aromatic carbocycles. The number of nitrogens with zero attached hydrogens (tertiary/aromatic N) is 3. The first-order valence-electron chi connectivity index (χ1n) is 11.1. The van der Waals surface area contributed by atoms with E-state index in [2.05, 4.69) is 14.7 Å². The van der Waals surface area contributed by atoms with Gasteiger partial charge in [0.15, 0.2) is 0 Å². The summed E-state index contributed by atoms with van der Waals surface area (Å²) < 4.78 is 26.9. The summed E-state index contributed by atoms with van der Waals surface area (Å²) in [4.78, 5) is 23.9. The molecule has 0 saturated heterocycles. The zero-order valence-electron chi connectivity index (χ0n) is 18.9. The molecule has 174 valence electrons. The second kappa shape index (κ2) is 10.1. The normalized spacial score (nSPS) is 13.7. The second-order valence-corrected chi connectivity index (χ2v) is 11.0. The molecule has 0 radical (unpaired) electrons. The number of hydrogen-bond acceptors (Lipinski definition) is 6. The molecule has 1 N–H and O–H groups in total. The van der Waals surface area contributed by atoms with Crippen LogP contribution in [0.2, 0.25) is 0 Å². The Bertz CT molecular complexity index is 1240. The Kier molecular flexibility index (Phi) is 7.21. The van der Waals surface area contributed by atoms with Gasteiger partial charge in [0.1, 0.15) is 5.01 Å². The molecule has 0 aliphatic carbocycles. The Balaban J connectivity index is 1.43. The first-order valence-corrected chi connectivity index (χ1v) is 13.6. The van der Waals surface area contributed by atoms with Crippen LogP contribution < -0.4 is 4.72 Å². The minimum Gasteiger partial charge on any atom is -0.338 e.